The number of rotatable bonds is 2. The summed E-state index contributed by atoms with van der Waals surface area (Å²) in [7, 11) is 0. The third-order valence-corrected chi connectivity index (χ3v) is 1.33. The molecule has 0 heterocycles. The van der Waals surface area contributed by atoms with Crippen LogP contribution < -0.4 is 0 Å². The molecule has 0 amide bonds. The van der Waals surface area contributed by atoms with E-state index < -0.39 is 0 Å². The fourth-order valence-corrected chi connectivity index (χ4v) is 0.461. The van der Waals surface area contributed by atoms with E-state index in [2.05, 4.69) is 0 Å². The normalized spacial score (nSPS) is 9.00. The van der Waals surface area contributed by atoms with E-state index in [9.17, 15) is 4.79 Å². The first-order chi connectivity index (χ1) is 2.81. The van der Waals surface area contributed by atoms with Crippen molar-refractivity contribution < 1.29 is 19.2 Å². The van der Waals surface area contributed by atoms with Crippen LogP contribution in [0.4, 0.5) is 0 Å². The Kier molecular flexibility index (Phi) is 3.45. The Morgan fingerprint density at radius 1 is 1.83 bits per heavy atom. The Bertz CT molecular complexity index is 45.5. The van der Waals surface area contributed by atoms with Crippen molar-refractivity contribution in [3.05, 3.63) is 0 Å². The molecule has 0 aliphatic heterocycles. The van der Waals surface area contributed by atoms with E-state index in [0.717, 1.165) is 14.4 Å². The van der Waals surface area contributed by atoms with E-state index in [1.807, 2.05) is 12.8 Å². The second-order valence-electron chi connectivity index (χ2n) is 0.832. The molecule has 0 saturated heterocycles. The van der Waals surface area contributed by atoms with Crippen LogP contribution >= 0.6 is 0 Å². The summed E-state index contributed by atoms with van der Waals surface area (Å²) >= 11 is 1.14. The fraction of sp³-hybridized carbons (Fsp3) is 0.750. The molecular formula is C4H8NiO. The molecule has 0 aromatic carbocycles. The molecule has 0 unspecified atom stereocenters. The van der Waals surface area contributed by atoms with E-state index in [-0.39, 0.29) is 4.75 Å². The molecule has 0 spiro atoms. The number of carbonyl (C=O) groups is 1. The van der Waals surface area contributed by atoms with Crippen molar-refractivity contribution in [1.29, 1.82) is 0 Å². The van der Waals surface area contributed by atoms with Crippen LogP contribution in [0.25, 0.3) is 0 Å². The predicted octanol–water partition coefficient (Wildman–Crippen LogP) is 1.05. The van der Waals surface area contributed by atoms with Crippen LogP contribution in [0.1, 0.15) is 13.3 Å². The number of carbonyl (C=O) groups excluding carboxylic acids is 1. The molecular weight excluding hydrogens is 123 g/mol. The molecule has 0 rings (SSSR count). The summed E-state index contributed by atoms with van der Waals surface area (Å²) in [4.78, 5) is 10.2. The van der Waals surface area contributed by atoms with E-state index in [1.165, 1.54) is 0 Å². The molecule has 0 aromatic rings. The molecule has 1 nitrogen and oxygen atoms in total. The summed E-state index contributed by atoms with van der Waals surface area (Å²) in [6, 6.07) is 0. The van der Waals surface area contributed by atoms with Gasteiger partial charge in [0.25, 0.3) is 0 Å². The summed E-state index contributed by atoms with van der Waals surface area (Å²) in [5.74, 6) is 1.82. The molecule has 0 N–H and O–H groups in total. The van der Waals surface area contributed by atoms with Gasteiger partial charge in [-0.15, -0.1) is 0 Å². The van der Waals surface area contributed by atoms with Gasteiger partial charge in [-0.3, -0.25) is 0 Å². The molecule has 0 fully saturated rings. The molecule has 0 bridgehead atoms. The molecule has 2 heteroatoms. The van der Waals surface area contributed by atoms with Crippen molar-refractivity contribution in [2.45, 2.75) is 19.2 Å². The molecule has 6 heavy (non-hydrogen) atoms. The number of hydrogen-bond donors (Lipinski definition) is 0. The Hall–Kier alpha value is 0.164. The minimum absolute atomic E-state index is 0.280. The van der Waals surface area contributed by atoms with Crippen LogP contribution in [0.15, 0.2) is 0 Å². The van der Waals surface area contributed by atoms with Gasteiger partial charge in [-0.2, -0.15) is 0 Å². The summed E-state index contributed by atoms with van der Waals surface area (Å²) in [6.45, 7) is 1.87. The average Bonchev–Trinajstić information content (AvgIpc) is 1.65. The van der Waals surface area contributed by atoms with Crippen LogP contribution in [0.3, 0.4) is 0 Å². The van der Waals surface area contributed by atoms with Gasteiger partial charge in [0.05, 0.1) is 0 Å². The average molecular weight is 131 g/mol. The van der Waals surface area contributed by atoms with Crippen molar-refractivity contribution in [2.24, 2.45) is 0 Å². The van der Waals surface area contributed by atoms with Gasteiger partial charge in [-0.05, 0) is 0 Å². The maximum absolute atomic E-state index is 10.2. The first-order valence-corrected chi connectivity index (χ1v) is 3.22. The first kappa shape index (κ1) is 6.16. The zero-order valence-electron chi connectivity index (χ0n) is 3.93. The van der Waals surface area contributed by atoms with Gasteiger partial charge in [-0.1, -0.05) is 0 Å². The van der Waals surface area contributed by atoms with Crippen molar-refractivity contribution in [1.82, 2.24) is 0 Å². The second kappa shape index (κ2) is 3.36. The Morgan fingerprint density at radius 2 is 2.33 bits per heavy atom. The van der Waals surface area contributed by atoms with E-state index in [4.69, 9.17) is 0 Å². The van der Waals surface area contributed by atoms with Crippen molar-refractivity contribution in [3.8, 4) is 0 Å². The molecule has 0 aromatic heterocycles. The summed E-state index contributed by atoms with van der Waals surface area (Å²) in [5, 5.41) is 0. The molecule has 0 aliphatic rings. The number of hydrogen-bond acceptors (Lipinski definition) is 1. The van der Waals surface area contributed by atoms with Crippen LogP contribution in [0, 0.1) is 0 Å². The monoisotopic (exact) mass is 130 g/mol. The van der Waals surface area contributed by atoms with E-state index in [1.54, 1.807) is 0 Å². The Balaban J connectivity index is 2.99. The van der Waals surface area contributed by atoms with Crippen molar-refractivity contribution in [2.75, 3.05) is 0 Å². The van der Waals surface area contributed by atoms with Gasteiger partial charge in [0.1, 0.15) is 0 Å². The van der Waals surface area contributed by atoms with Gasteiger partial charge >= 0.3 is 43.2 Å². The van der Waals surface area contributed by atoms with Crippen molar-refractivity contribution >= 4 is 4.75 Å². The molecule has 40 valence electrons. The Labute approximate surface area is 43.9 Å². The van der Waals surface area contributed by atoms with Gasteiger partial charge in [0, 0.05) is 0 Å². The molecule has 0 atom stereocenters. The van der Waals surface area contributed by atoms with Crippen LogP contribution in [0.2, 0.25) is 5.89 Å². The fourth-order valence-electron chi connectivity index (χ4n) is 0.112. The minimum atomic E-state index is 0.280. The molecule has 0 saturated carbocycles. The third-order valence-electron chi connectivity index (χ3n) is 0.432. The summed E-state index contributed by atoms with van der Waals surface area (Å²) in [5.41, 5.74) is 0. The predicted molar refractivity (Wildman–Crippen MR) is 21.2 cm³/mol. The summed E-state index contributed by atoms with van der Waals surface area (Å²) in [6.07, 6.45) is 0.663. The van der Waals surface area contributed by atoms with Gasteiger partial charge in [0.15, 0.2) is 0 Å². The quantitative estimate of drug-likeness (QED) is 0.511. The zero-order chi connectivity index (χ0) is 4.99. The zero-order valence-corrected chi connectivity index (χ0v) is 4.92. The standard InChI is InChI=1S/C3H5O.CH3.Ni/c1-2-3-4;;/h2H2,1H3;1H3;. The van der Waals surface area contributed by atoms with E-state index >= 15 is 0 Å². The SMILES string of the molecule is CC[C](=O)[Ni][CH3]. The first-order valence-electron chi connectivity index (χ1n) is 1.74. The maximum atomic E-state index is 10.2. The van der Waals surface area contributed by atoms with Crippen LogP contribution in [0.5, 0.6) is 0 Å². The summed E-state index contributed by atoms with van der Waals surface area (Å²) < 4.78 is 0.280. The topological polar surface area (TPSA) is 17.1 Å². The van der Waals surface area contributed by atoms with E-state index in [0.29, 0.717) is 6.42 Å². The van der Waals surface area contributed by atoms with Gasteiger partial charge < -0.3 is 0 Å². The van der Waals surface area contributed by atoms with Crippen LogP contribution in [-0.2, 0) is 19.2 Å². The Morgan fingerprint density at radius 3 is 2.33 bits per heavy atom. The van der Waals surface area contributed by atoms with Crippen LogP contribution in [-0.4, -0.2) is 4.75 Å². The van der Waals surface area contributed by atoms with Crippen molar-refractivity contribution in [3.63, 3.8) is 0 Å². The second-order valence-corrected chi connectivity index (χ2v) is 1.88. The molecule has 0 aliphatic carbocycles. The van der Waals surface area contributed by atoms with Gasteiger partial charge in [0.2, 0.25) is 0 Å². The molecule has 0 radical (unpaired) electrons. The van der Waals surface area contributed by atoms with Gasteiger partial charge in [-0.25, -0.2) is 0 Å². The third kappa shape index (κ3) is 2.40.